The van der Waals surface area contributed by atoms with Gasteiger partial charge in [-0.05, 0) is 115 Å². The Hall–Kier alpha value is -6.54. The maximum atomic E-state index is 14.6. The van der Waals surface area contributed by atoms with Crippen molar-refractivity contribution in [3.05, 3.63) is 160 Å². The van der Waals surface area contributed by atoms with Gasteiger partial charge in [0, 0.05) is 59.6 Å². The molecule has 2 heterocycles. The number of anilines is 4. The van der Waals surface area contributed by atoms with Crippen LogP contribution in [0.2, 0.25) is 10.0 Å². The normalized spacial score (nSPS) is 11.1. The molecule has 4 N–H and O–H groups in total. The summed E-state index contributed by atoms with van der Waals surface area (Å²) in [6.45, 7) is 12.7. The lowest BCUT2D eigenvalue weighted by molar-refractivity contribution is -0.154. The molecule has 70 heavy (non-hydrogen) atoms. The summed E-state index contributed by atoms with van der Waals surface area (Å²) in [7, 11) is 0. The summed E-state index contributed by atoms with van der Waals surface area (Å²) in [5.74, 6) is -1.51. The van der Waals surface area contributed by atoms with Crippen molar-refractivity contribution in [1.29, 1.82) is 0 Å². The third kappa shape index (κ3) is 16.3. The Kier molecular flexibility index (Phi) is 20.3. The van der Waals surface area contributed by atoms with E-state index in [1.807, 2.05) is 0 Å². The number of halogens is 5. The maximum Gasteiger partial charge on any atom is 0.354 e. The van der Waals surface area contributed by atoms with E-state index in [9.17, 15) is 32.8 Å². The average Bonchev–Trinajstić information content (AvgIpc) is 3.26. The highest BCUT2D eigenvalue weighted by molar-refractivity contribution is 6.30. The van der Waals surface area contributed by atoms with Crippen molar-refractivity contribution in [3.8, 4) is 11.5 Å². The zero-order valence-corrected chi connectivity index (χ0v) is 42.0. The first-order valence-electron chi connectivity index (χ1n) is 21.9. The molecule has 6 rings (SSSR count). The summed E-state index contributed by atoms with van der Waals surface area (Å²) >= 11 is 11.9. The molecule has 0 bridgehead atoms. The number of rotatable bonds is 18. The molecule has 0 spiro atoms. The minimum atomic E-state index is -0.797. The first kappa shape index (κ1) is 56.1. The molecular formula is C48H56Cl3F2N9O8. The lowest BCUT2D eigenvalue weighted by Gasteiger charge is -2.19. The number of carbonyl (C=O) groups is 1. The molecule has 376 valence electrons. The number of esters is 1. The monoisotopic (exact) mass is 1030 g/mol. The van der Waals surface area contributed by atoms with Gasteiger partial charge in [0.1, 0.15) is 5.60 Å². The molecule has 0 aliphatic rings. The van der Waals surface area contributed by atoms with E-state index in [-0.39, 0.29) is 99.3 Å². The molecule has 0 saturated carbocycles. The number of nitrogens with one attached hydrogen (secondary N) is 2. The zero-order chi connectivity index (χ0) is 50.6. The van der Waals surface area contributed by atoms with E-state index >= 15 is 0 Å². The number of nitrogens with two attached hydrogens (primary N) is 1. The smallest absolute Gasteiger partial charge is 0.354 e. The van der Waals surface area contributed by atoms with Gasteiger partial charge in [-0.15, -0.1) is 12.4 Å². The second kappa shape index (κ2) is 25.4. The van der Waals surface area contributed by atoms with Crippen molar-refractivity contribution in [2.24, 2.45) is 5.73 Å². The second-order valence-corrected chi connectivity index (χ2v) is 18.0. The molecule has 0 radical (unpaired) electrons. The lowest BCUT2D eigenvalue weighted by atomic mass is 10.2. The van der Waals surface area contributed by atoms with Crippen molar-refractivity contribution in [2.75, 3.05) is 17.2 Å². The van der Waals surface area contributed by atoms with Gasteiger partial charge < -0.3 is 30.6 Å². The molecule has 0 aliphatic carbocycles. The van der Waals surface area contributed by atoms with Crippen LogP contribution in [0.3, 0.4) is 0 Å². The van der Waals surface area contributed by atoms with Crippen LogP contribution in [0.4, 0.5) is 32.1 Å². The highest BCUT2D eigenvalue weighted by atomic mass is 35.5. The van der Waals surface area contributed by atoms with Crippen molar-refractivity contribution < 1.29 is 27.8 Å². The van der Waals surface area contributed by atoms with Gasteiger partial charge >= 0.3 is 28.7 Å². The van der Waals surface area contributed by atoms with Crippen LogP contribution >= 0.6 is 35.6 Å². The van der Waals surface area contributed by atoms with Crippen LogP contribution in [0.1, 0.15) is 72.4 Å². The Labute approximate surface area is 418 Å². The van der Waals surface area contributed by atoms with Crippen molar-refractivity contribution in [3.63, 3.8) is 0 Å². The quantitative estimate of drug-likeness (QED) is 0.0697. The van der Waals surface area contributed by atoms with Crippen LogP contribution in [-0.2, 0) is 35.7 Å². The predicted molar refractivity (Wildman–Crippen MR) is 269 cm³/mol. The fraction of sp³-hybridized carbons (Fsp3) is 0.354. The Morgan fingerprint density at radius 1 is 0.657 bits per heavy atom. The van der Waals surface area contributed by atoms with E-state index in [4.69, 9.17) is 43.1 Å². The molecule has 0 saturated heterocycles. The molecule has 4 aromatic carbocycles. The molecule has 17 nitrogen and oxygen atoms in total. The van der Waals surface area contributed by atoms with E-state index in [1.54, 1.807) is 109 Å². The molecule has 0 aliphatic heterocycles. The molecule has 6 aromatic rings. The molecule has 0 atom stereocenters. The number of benzene rings is 4. The second-order valence-electron chi connectivity index (χ2n) is 17.1. The van der Waals surface area contributed by atoms with Gasteiger partial charge in [0.2, 0.25) is 11.9 Å². The summed E-state index contributed by atoms with van der Waals surface area (Å²) in [5.41, 5.74) is 4.21. The summed E-state index contributed by atoms with van der Waals surface area (Å²) in [4.78, 5) is 71.7. The Bertz CT molecular complexity index is 2970. The van der Waals surface area contributed by atoms with Crippen LogP contribution in [0.15, 0.2) is 104 Å². The van der Waals surface area contributed by atoms with Gasteiger partial charge in [0.25, 0.3) is 0 Å². The Morgan fingerprint density at radius 2 is 1.06 bits per heavy atom. The van der Waals surface area contributed by atoms with Gasteiger partial charge in [0.05, 0.1) is 25.3 Å². The van der Waals surface area contributed by atoms with Gasteiger partial charge in [0.15, 0.2) is 23.1 Å². The van der Waals surface area contributed by atoms with Crippen LogP contribution in [-0.4, -0.2) is 58.6 Å². The summed E-state index contributed by atoms with van der Waals surface area (Å²) in [6.07, 6.45) is -0.154. The van der Waals surface area contributed by atoms with E-state index in [0.29, 0.717) is 15.7 Å². The molecule has 22 heteroatoms. The van der Waals surface area contributed by atoms with Crippen LogP contribution in [0, 0.1) is 11.6 Å². The zero-order valence-electron chi connectivity index (χ0n) is 39.6. The maximum absolute atomic E-state index is 14.6. The average molecular weight is 1030 g/mol. The van der Waals surface area contributed by atoms with Crippen LogP contribution in [0.25, 0.3) is 0 Å². The SMILES string of the molecule is CC(C)Oc1ccc(Nc2nc(=O)n(CCCC(=O)OC(C)(C)C)c(=O)n2Cc2ccc(Cl)cc2)cc1F.CC(C)Oc1ccc(Nc2nc(=O)n(CCN)c(=O)n2Cc2ccc(Cl)cc2)cc1F.Cl. The van der Waals surface area contributed by atoms with Crippen LogP contribution in [0.5, 0.6) is 11.5 Å². The molecule has 0 unspecified atom stereocenters. The topological polar surface area (TPSA) is 209 Å². The number of aromatic nitrogens is 6. The fourth-order valence-electron chi connectivity index (χ4n) is 6.48. The number of carbonyl (C=O) groups excluding carboxylic acids is 1. The molecule has 0 fully saturated rings. The van der Waals surface area contributed by atoms with Gasteiger partial charge in [-0.2, -0.15) is 9.97 Å². The van der Waals surface area contributed by atoms with Crippen LogP contribution < -0.4 is 48.6 Å². The fourth-order valence-corrected chi connectivity index (χ4v) is 6.73. The lowest BCUT2D eigenvalue weighted by Crippen LogP contribution is -2.43. The Morgan fingerprint density at radius 3 is 1.41 bits per heavy atom. The predicted octanol–water partition coefficient (Wildman–Crippen LogP) is 8.06. The largest absolute Gasteiger partial charge is 0.488 e. The van der Waals surface area contributed by atoms with Crippen molar-refractivity contribution >= 4 is 64.8 Å². The highest BCUT2D eigenvalue weighted by Gasteiger charge is 2.19. The van der Waals surface area contributed by atoms with Gasteiger partial charge in [-0.1, -0.05) is 47.5 Å². The number of nitrogens with zero attached hydrogens (tertiary/aromatic N) is 6. The van der Waals surface area contributed by atoms with E-state index in [0.717, 1.165) is 20.3 Å². The van der Waals surface area contributed by atoms with E-state index < -0.39 is 46.0 Å². The summed E-state index contributed by atoms with van der Waals surface area (Å²) < 4.78 is 49.5. The van der Waals surface area contributed by atoms with Crippen molar-refractivity contribution in [1.82, 2.24) is 28.2 Å². The summed E-state index contributed by atoms with van der Waals surface area (Å²) in [6, 6.07) is 22.2. The van der Waals surface area contributed by atoms with Gasteiger partial charge in [-0.3, -0.25) is 13.9 Å². The number of hydrogen-bond acceptors (Lipinski definition) is 13. The first-order valence-corrected chi connectivity index (χ1v) is 22.7. The van der Waals surface area contributed by atoms with Gasteiger partial charge in [-0.25, -0.2) is 37.1 Å². The third-order valence-electron chi connectivity index (χ3n) is 9.44. The number of hydrogen-bond donors (Lipinski definition) is 3. The van der Waals surface area contributed by atoms with E-state index in [1.165, 1.54) is 33.4 Å². The van der Waals surface area contributed by atoms with E-state index in [2.05, 4.69) is 20.6 Å². The minimum Gasteiger partial charge on any atom is -0.488 e. The highest BCUT2D eigenvalue weighted by Crippen LogP contribution is 2.26. The Balaban J connectivity index is 0.000000306. The minimum absolute atomic E-state index is 0. The van der Waals surface area contributed by atoms with Crippen molar-refractivity contribution in [2.45, 2.75) is 105 Å². The number of ether oxygens (including phenoxy) is 3. The standard InChI is InChI=1S/C27H32ClFN4O5.C21H23ClFN5O3.ClH/c1-17(2)37-22-13-12-20(15-21(22)29)30-24-31-25(35)32(14-6-7-23(34)38-27(3,4)5)26(36)33(24)16-18-8-10-19(28)11-9-18;1-13(2)31-18-8-7-16(11-17(18)23)25-19-26-20(29)27(10-9-24)21(30)28(19)12-14-3-5-15(22)6-4-14;/h8-13,15,17H,6-7,14,16H2,1-5H3,(H,30,31,35);3-8,11,13H,9-10,12,24H2,1-2H3,(H,25,26,29);1H. The first-order chi connectivity index (χ1) is 32.6. The molecular weight excluding hydrogens is 975 g/mol. The third-order valence-corrected chi connectivity index (χ3v) is 9.95. The molecule has 0 amide bonds. The molecule has 2 aromatic heterocycles. The summed E-state index contributed by atoms with van der Waals surface area (Å²) in [5, 5.41) is 6.83.